The first-order chi connectivity index (χ1) is 12.3. The fraction of sp³-hybridized carbons (Fsp3) is 0.190. The Morgan fingerprint density at radius 2 is 2.00 bits per heavy atom. The van der Waals surface area contributed by atoms with Gasteiger partial charge in [-0.25, -0.2) is 0 Å². The average Bonchev–Trinajstić information content (AvgIpc) is 2.80. The van der Waals surface area contributed by atoms with E-state index < -0.39 is 4.92 Å². The Bertz CT molecular complexity index is 985. The van der Waals surface area contributed by atoms with E-state index in [0.29, 0.717) is 0 Å². The monoisotopic (exact) mass is 346 g/mol. The molecule has 1 aliphatic heterocycles. The van der Waals surface area contributed by atoms with Gasteiger partial charge in [0.15, 0.2) is 5.78 Å². The first-order valence-corrected chi connectivity index (χ1v) is 8.11. The third kappa shape index (κ3) is 2.76. The van der Waals surface area contributed by atoms with Crippen LogP contribution in [0, 0.1) is 22.5 Å². The summed E-state index contributed by atoms with van der Waals surface area (Å²) in [6.45, 7) is 4.17. The molecule has 3 rings (SSSR count). The minimum atomic E-state index is -0.507. The molecule has 130 valence electrons. The number of carbonyl (C=O) groups is 1. The van der Waals surface area contributed by atoms with E-state index in [9.17, 15) is 14.9 Å². The molecular formula is C21H18N2O3. The number of hydrogen-bond acceptors (Lipinski definition) is 4. The van der Waals surface area contributed by atoms with Crippen molar-refractivity contribution in [2.45, 2.75) is 19.3 Å². The van der Waals surface area contributed by atoms with Crippen LogP contribution < -0.4 is 4.90 Å². The van der Waals surface area contributed by atoms with Gasteiger partial charge in [-0.05, 0) is 42.0 Å². The maximum absolute atomic E-state index is 12.0. The van der Waals surface area contributed by atoms with Gasteiger partial charge >= 0.3 is 0 Å². The van der Waals surface area contributed by atoms with Gasteiger partial charge in [0.05, 0.1) is 4.92 Å². The first-order valence-electron chi connectivity index (χ1n) is 8.11. The minimum Gasteiger partial charge on any atom is -0.347 e. The lowest BCUT2D eigenvalue weighted by atomic mass is 9.83. The van der Waals surface area contributed by atoms with E-state index in [1.165, 1.54) is 18.2 Å². The van der Waals surface area contributed by atoms with E-state index >= 15 is 0 Å². The third-order valence-corrected chi connectivity index (χ3v) is 4.82. The predicted molar refractivity (Wildman–Crippen MR) is 101 cm³/mol. The molecule has 0 fully saturated rings. The van der Waals surface area contributed by atoms with E-state index in [-0.39, 0.29) is 22.5 Å². The maximum atomic E-state index is 12.0. The summed E-state index contributed by atoms with van der Waals surface area (Å²) in [4.78, 5) is 24.5. The summed E-state index contributed by atoms with van der Waals surface area (Å²) in [6, 6.07) is 5.88. The van der Waals surface area contributed by atoms with Crippen LogP contribution in [-0.4, -0.2) is 17.8 Å². The van der Waals surface area contributed by atoms with Crippen molar-refractivity contribution in [3.8, 4) is 12.3 Å². The van der Waals surface area contributed by atoms with Crippen LogP contribution in [-0.2, 0) is 10.2 Å². The maximum Gasteiger partial charge on any atom is 0.270 e. The number of hydrogen-bond donors (Lipinski definition) is 0. The summed E-state index contributed by atoms with van der Waals surface area (Å²) < 4.78 is 0. The van der Waals surface area contributed by atoms with Crippen LogP contribution in [0.4, 0.5) is 5.69 Å². The van der Waals surface area contributed by atoms with Crippen molar-refractivity contribution in [3.05, 3.63) is 86.8 Å². The summed E-state index contributed by atoms with van der Waals surface area (Å²) in [6.07, 6.45) is 12.7. The molecule has 26 heavy (non-hydrogen) atoms. The first kappa shape index (κ1) is 17.4. The van der Waals surface area contributed by atoms with Gasteiger partial charge in [0.2, 0.25) is 0 Å². The molecule has 1 aromatic rings. The normalized spacial score (nSPS) is 20.9. The Kier molecular flexibility index (Phi) is 4.13. The molecule has 5 heteroatoms. The van der Waals surface area contributed by atoms with Gasteiger partial charge in [-0.15, -0.1) is 6.42 Å². The van der Waals surface area contributed by atoms with Gasteiger partial charge in [-0.1, -0.05) is 19.8 Å². The molecule has 0 atom stereocenters. The van der Waals surface area contributed by atoms with Gasteiger partial charge < -0.3 is 4.90 Å². The number of benzene rings is 1. The summed E-state index contributed by atoms with van der Waals surface area (Å²) in [5, 5.41) is 10.9. The number of nitro groups is 1. The average molecular weight is 346 g/mol. The van der Waals surface area contributed by atoms with Crippen LogP contribution in [0.15, 0.2) is 65.5 Å². The third-order valence-electron chi connectivity index (χ3n) is 4.82. The molecule has 0 aromatic heterocycles. The highest BCUT2D eigenvalue weighted by atomic mass is 16.6. The van der Waals surface area contributed by atoms with Crippen molar-refractivity contribution in [1.82, 2.24) is 0 Å². The highest BCUT2D eigenvalue weighted by molar-refractivity contribution is 6.07. The molecule has 0 bridgehead atoms. The fourth-order valence-corrected chi connectivity index (χ4v) is 3.37. The lowest BCUT2D eigenvalue weighted by Gasteiger charge is -2.23. The fourth-order valence-electron chi connectivity index (χ4n) is 3.37. The molecule has 1 aliphatic carbocycles. The second-order valence-corrected chi connectivity index (χ2v) is 6.76. The lowest BCUT2D eigenvalue weighted by molar-refractivity contribution is -0.419. The van der Waals surface area contributed by atoms with Crippen LogP contribution in [0.3, 0.4) is 0 Å². The van der Waals surface area contributed by atoms with Crippen LogP contribution in [0.2, 0.25) is 0 Å². The smallest absolute Gasteiger partial charge is 0.270 e. The van der Waals surface area contributed by atoms with E-state index in [1.54, 1.807) is 6.08 Å². The second kappa shape index (κ2) is 6.16. The van der Waals surface area contributed by atoms with Crippen molar-refractivity contribution >= 4 is 11.5 Å². The zero-order valence-corrected chi connectivity index (χ0v) is 14.8. The van der Waals surface area contributed by atoms with Crippen LogP contribution in [0.5, 0.6) is 0 Å². The molecule has 2 aliphatic rings. The van der Waals surface area contributed by atoms with Crippen molar-refractivity contribution in [1.29, 1.82) is 0 Å². The topological polar surface area (TPSA) is 63.5 Å². The number of rotatable bonds is 2. The number of nitrogens with zero attached hydrogens (tertiary/aromatic N) is 2. The highest BCUT2D eigenvalue weighted by Crippen LogP contribution is 2.47. The van der Waals surface area contributed by atoms with Gasteiger partial charge in [-0.2, -0.15) is 0 Å². The molecule has 1 heterocycles. The number of likely N-dealkylation sites (N-methyl/N-ethyl adjacent to an activating group) is 1. The quantitative estimate of drug-likeness (QED) is 0.356. The molecule has 5 nitrogen and oxygen atoms in total. The Morgan fingerprint density at radius 3 is 2.65 bits per heavy atom. The number of carbonyl (C=O) groups excluding carboxylic acids is 1. The van der Waals surface area contributed by atoms with Crippen molar-refractivity contribution in [2.75, 3.05) is 11.9 Å². The van der Waals surface area contributed by atoms with Crippen LogP contribution >= 0.6 is 0 Å². The largest absolute Gasteiger partial charge is 0.347 e. The van der Waals surface area contributed by atoms with Crippen LogP contribution in [0.1, 0.15) is 25.0 Å². The Hall–Kier alpha value is -3.39. The number of ketones is 1. The summed E-state index contributed by atoms with van der Waals surface area (Å²) in [7, 11) is 1.95. The zero-order valence-electron chi connectivity index (χ0n) is 14.8. The van der Waals surface area contributed by atoms with E-state index in [1.807, 2.05) is 36.2 Å². The van der Waals surface area contributed by atoms with Crippen molar-refractivity contribution in [2.24, 2.45) is 0 Å². The molecular weight excluding hydrogens is 328 g/mol. The highest BCUT2D eigenvalue weighted by Gasteiger charge is 2.38. The Labute approximate surface area is 152 Å². The summed E-state index contributed by atoms with van der Waals surface area (Å²) in [5.74, 6) is 2.40. The lowest BCUT2D eigenvalue weighted by Crippen LogP contribution is -2.22. The van der Waals surface area contributed by atoms with E-state index in [4.69, 9.17) is 6.42 Å². The Balaban J connectivity index is 2.05. The molecule has 0 amide bonds. The van der Waals surface area contributed by atoms with Gasteiger partial charge in [0.1, 0.15) is 0 Å². The molecule has 0 spiro atoms. The molecule has 0 N–H and O–H groups in total. The molecule has 0 unspecified atom stereocenters. The number of fused-ring (bicyclic) bond motifs is 1. The molecule has 0 saturated heterocycles. The molecule has 0 saturated carbocycles. The second-order valence-electron chi connectivity index (χ2n) is 6.76. The summed E-state index contributed by atoms with van der Waals surface area (Å²) >= 11 is 0. The van der Waals surface area contributed by atoms with E-state index in [2.05, 4.69) is 19.8 Å². The molecule has 0 radical (unpaired) electrons. The van der Waals surface area contributed by atoms with Crippen molar-refractivity contribution < 1.29 is 9.72 Å². The standard InChI is InChI=1S/C21H18N2O3/c1-5-14-6-9-18-17(12-14)21(2,3)20(22(18)4)11-7-15-13-16(23(25)26)8-10-19(15)24/h1,6-13H,2-4H3/b15-7-,20-11-. The predicted octanol–water partition coefficient (Wildman–Crippen LogP) is 3.51. The Morgan fingerprint density at radius 1 is 1.27 bits per heavy atom. The SMILES string of the molecule is C#Cc1ccc2c(c1)C(C)(C)/C(=C/C=C1/C=C([N+](=O)[O-])C=CC1=O)N2C. The minimum absolute atomic E-state index is 0.102. The zero-order chi connectivity index (χ0) is 19.1. The van der Waals surface area contributed by atoms with E-state index in [0.717, 1.165) is 22.5 Å². The van der Waals surface area contributed by atoms with Crippen molar-refractivity contribution in [3.63, 3.8) is 0 Å². The number of allylic oxidation sites excluding steroid dienone is 7. The summed E-state index contributed by atoms with van der Waals surface area (Å²) in [5.41, 5.74) is 3.83. The number of terminal acetylenes is 1. The van der Waals surface area contributed by atoms with Gasteiger partial charge in [-0.3, -0.25) is 14.9 Å². The van der Waals surface area contributed by atoms with Gasteiger partial charge in [0, 0.05) is 47.1 Å². The number of anilines is 1. The molecule has 1 aromatic carbocycles. The van der Waals surface area contributed by atoms with Crippen LogP contribution in [0.25, 0.3) is 0 Å². The van der Waals surface area contributed by atoms with Gasteiger partial charge in [0.25, 0.3) is 5.70 Å².